The van der Waals surface area contributed by atoms with Crippen molar-refractivity contribution in [3.63, 3.8) is 0 Å². The van der Waals surface area contributed by atoms with E-state index in [-0.39, 0.29) is 12.0 Å². The van der Waals surface area contributed by atoms with Crippen molar-refractivity contribution in [2.75, 3.05) is 32.8 Å². The molecular weight excluding hydrogens is 188 g/mol. The molecule has 0 atom stereocenters. The average Bonchev–Trinajstić information content (AvgIpc) is 2.27. The smallest absolute Gasteiger partial charge is 0.0558 e. The van der Waals surface area contributed by atoms with E-state index in [4.69, 9.17) is 10.8 Å². The van der Waals surface area contributed by atoms with Gasteiger partial charge in [0.25, 0.3) is 0 Å². The van der Waals surface area contributed by atoms with E-state index in [1.807, 2.05) is 0 Å². The van der Waals surface area contributed by atoms with E-state index >= 15 is 0 Å². The summed E-state index contributed by atoms with van der Waals surface area (Å²) in [4.78, 5) is 2.33. The van der Waals surface area contributed by atoms with Crippen molar-refractivity contribution in [3.05, 3.63) is 0 Å². The lowest BCUT2D eigenvalue weighted by molar-refractivity contribution is 0.120. The number of rotatable bonds is 9. The summed E-state index contributed by atoms with van der Waals surface area (Å²) < 4.78 is 0. The van der Waals surface area contributed by atoms with E-state index in [9.17, 15) is 0 Å². The number of hydrogen-bond acceptors (Lipinski definition) is 3. The predicted molar refractivity (Wildman–Crippen MR) is 65.9 cm³/mol. The highest BCUT2D eigenvalue weighted by molar-refractivity contribution is 4.81. The molecule has 0 aliphatic rings. The van der Waals surface area contributed by atoms with Crippen LogP contribution in [0.3, 0.4) is 0 Å². The topological polar surface area (TPSA) is 49.5 Å². The summed E-state index contributed by atoms with van der Waals surface area (Å²) in [5.74, 6) is 0. The van der Waals surface area contributed by atoms with Crippen molar-refractivity contribution in [1.29, 1.82) is 0 Å². The third-order valence-electron chi connectivity index (χ3n) is 3.45. The highest BCUT2D eigenvalue weighted by Crippen LogP contribution is 2.26. The molecule has 0 heterocycles. The maximum absolute atomic E-state index is 9.01. The van der Waals surface area contributed by atoms with Gasteiger partial charge in [0.15, 0.2) is 0 Å². The second kappa shape index (κ2) is 8.08. The van der Waals surface area contributed by atoms with Crippen LogP contribution in [0.5, 0.6) is 0 Å². The van der Waals surface area contributed by atoms with Gasteiger partial charge < -0.3 is 15.7 Å². The van der Waals surface area contributed by atoms with E-state index in [0.717, 1.165) is 45.4 Å². The van der Waals surface area contributed by atoms with Gasteiger partial charge in [0.05, 0.1) is 6.61 Å². The van der Waals surface area contributed by atoms with Gasteiger partial charge in [-0.2, -0.15) is 0 Å². The first-order valence-electron chi connectivity index (χ1n) is 6.21. The lowest BCUT2D eigenvalue weighted by Crippen LogP contribution is -2.43. The van der Waals surface area contributed by atoms with Crippen molar-refractivity contribution in [2.24, 2.45) is 11.1 Å². The first-order chi connectivity index (χ1) is 7.17. The molecule has 0 saturated heterocycles. The van der Waals surface area contributed by atoms with Crippen LogP contribution in [0.2, 0.25) is 0 Å². The number of aliphatic hydroxyl groups excluding tert-OH is 1. The Labute approximate surface area is 94.6 Å². The Morgan fingerprint density at radius 1 is 1.13 bits per heavy atom. The molecule has 0 amide bonds. The standard InChI is InChI=1S/C12H28N2O/c1-4-7-14(8-9-15)11-12(5-2,6-3)10-13/h15H,4-11,13H2,1-3H3. The summed E-state index contributed by atoms with van der Waals surface area (Å²) in [6, 6.07) is 0. The Balaban J connectivity index is 4.30. The molecule has 0 aromatic heterocycles. The number of hydrogen-bond donors (Lipinski definition) is 2. The third-order valence-corrected chi connectivity index (χ3v) is 3.45. The van der Waals surface area contributed by atoms with Crippen molar-refractivity contribution in [1.82, 2.24) is 4.90 Å². The van der Waals surface area contributed by atoms with Crippen LogP contribution in [0, 0.1) is 5.41 Å². The van der Waals surface area contributed by atoms with Crippen molar-refractivity contribution >= 4 is 0 Å². The van der Waals surface area contributed by atoms with Gasteiger partial charge in [-0.05, 0) is 37.8 Å². The van der Waals surface area contributed by atoms with Crippen LogP contribution in [-0.2, 0) is 0 Å². The Morgan fingerprint density at radius 3 is 2.07 bits per heavy atom. The molecule has 15 heavy (non-hydrogen) atoms. The second-order valence-corrected chi connectivity index (χ2v) is 4.41. The van der Waals surface area contributed by atoms with Gasteiger partial charge in [-0.15, -0.1) is 0 Å². The highest BCUT2D eigenvalue weighted by atomic mass is 16.3. The van der Waals surface area contributed by atoms with Gasteiger partial charge >= 0.3 is 0 Å². The normalized spacial score (nSPS) is 12.4. The fourth-order valence-corrected chi connectivity index (χ4v) is 2.03. The molecule has 3 heteroatoms. The summed E-state index contributed by atoms with van der Waals surface area (Å²) >= 11 is 0. The first kappa shape index (κ1) is 14.9. The molecule has 0 aliphatic carbocycles. The van der Waals surface area contributed by atoms with Crippen LogP contribution in [0.1, 0.15) is 40.0 Å². The van der Waals surface area contributed by atoms with E-state index in [2.05, 4.69) is 25.7 Å². The summed E-state index contributed by atoms with van der Waals surface area (Å²) in [5, 5.41) is 9.01. The number of nitrogens with two attached hydrogens (primary N) is 1. The summed E-state index contributed by atoms with van der Waals surface area (Å²) in [7, 11) is 0. The van der Waals surface area contributed by atoms with Gasteiger partial charge in [0.2, 0.25) is 0 Å². The summed E-state index contributed by atoms with van der Waals surface area (Å²) in [5.41, 5.74) is 6.12. The molecule has 92 valence electrons. The van der Waals surface area contributed by atoms with Crippen LogP contribution in [0.25, 0.3) is 0 Å². The van der Waals surface area contributed by atoms with Crippen LogP contribution in [0.4, 0.5) is 0 Å². The van der Waals surface area contributed by atoms with Gasteiger partial charge in [-0.3, -0.25) is 0 Å². The lowest BCUT2D eigenvalue weighted by Gasteiger charge is -2.36. The fraction of sp³-hybridized carbons (Fsp3) is 1.00. The minimum atomic E-state index is 0.240. The molecule has 0 aliphatic heterocycles. The quantitative estimate of drug-likeness (QED) is 0.613. The molecule has 0 unspecified atom stereocenters. The number of nitrogens with zero attached hydrogens (tertiary/aromatic N) is 1. The Kier molecular flexibility index (Phi) is 8.02. The van der Waals surface area contributed by atoms with Gasteiger partial charge in [-0.25, -0.2) is 0 Å². The van der Waals surface area contributed by atoms with E-state index < -0.39 is 0 Å². The Hall–Kier alpha value is -0.120. The zero-order chi connectivity index (χ0) is 11.7. The molecule has 3 nitrogen and oxygen atoms in total. The fourth-order valence-electron chi connectivity index (χ4n) is 2.03. The molecule has 0 fully saturated rings. The summed E-state index contributed by atoms with van der Waals surface area (Å²) in [6.07, 6.45) is 3.37. The second-order valence-electron chi connectivity index (χ2n) is 4.41. The van der Waals surface area contributed by atoms with Crippen molar-refractivity contribution in [2.45, 2.75) is 40.0 Å². The van der Waals surface area contributed by atoms with Crippen LogP contribution in [-0.4, -0.2) is 42.8 Å². The van der Waals surface area contributed by atoms with Gasteiger partial charge in [-0.1, -0.05) is 20.8 Å². The SMILES string of the molecule is CCCN(CCO)CC(CC)(CC)CN. The van der Waals surface area contributed by atoms with Crippen LogP contribution in [0.15, 0.2) is 0 Å². The predicted octanol–water partition coefficient (Wildman–Crippen LogP) is 1.46. The minimum Gasteiger partial charge on any atom is -0.395 e. The molecule has 0 radical (unpaired) electrons. The molecule has 0 aromatic rings. The maximum atomic E-state index is 9.01. The zero-order valence-corrected chi connectivity index (χ0v) is 10.6. The average molecular weight is 216 g/mol. The monoisotopic (exact) mass is 216 g/mol. The largest absolute Gasteiger partial charge is 0.395 e. The third kappa shape index (κ3) is 4.96. The first-order valence-corrected chi connectivity index (χ1v) is 6.21. The van der Waals surface area contributed by atoms with Crippen molar-refractivity contribution in [3.8, 4) is 0 Å². The van der Waals surface area contributed by atoms with Gasteiger partial charge in [0, 0.05) is 13.1 Å². The maximum Gasteiger partial charge on any atom is 0.0558 e. The highest BCUT2D eigenvalue weighted by Gasteiger charge is 2.26. The Bertz CT molecular complexity index is 132. The van der Waals surface area contributed by atoms with Gasteiger partial charge in [0.1, 0.15) is 0 Å². The van der Waals surface area contributed by atoms with E-state index in [1.54, 1.807) is 0 Å². The van der Waals surface area contributed by atoms with Crippen LogP contribution < -0.4 is 5.73 Å². The molecule has 0 bridgehead atoms. The van der Waals surface area contributed by atoms with Crippen molar-refractivity contribution < 1.29 is 5.11 Å². The molecule has 0 rings (SSSR count). The summed E-state index contributed by atoms with van der Waals surface area (Å²) in [6.45, 7) is 10.4. The molecular formula is C12H28N2O. The molecule has 0 spiro atoms. The molecule has 3 N–H and O–H groups in total. The molecule has 0 saturated carbocycles. The molecule has 0 aromatic carbocycles. The van der Waals surface area contributed by atoms with E-state index in [0.29, 0.717) is 0 Å². The van der Waals surface area contributed by atoms with E-state index in [1.165, 1.54) is 0 Å². The minimum absolute atomic E-state index is 0.240. The zero-order valence-electron chi connectivity index (χ0n) is 10.6. The Morgan fingerprint density at radius 2 is 1.73 bits per heavy atom. The number of aliphatic hydroxyl groups is 1. The van der Waals surface area contributed by atoms with Crippen LogP contribution >= 0.6 is 0 Å². The lowest BCUT2D eigenvalue weighted by atomic mass is 9.82.